The van der Waals surface area contributed by atoms with Crippen molar-refractivity contribution in [1.82, 2.24) is 19.8 Å². The zero-order valence-corrected chi connectivity index (χ0v) is 14.0. The number of aromatic nitrogens is 2. The van der Waals surface area contributed by atoms with Crippen LogP contribution in [0.25, 0.3) is 0 Å². The number of imidazole rings is 1. The van der Waals surface area contributed by atoms with Crippen molar-refractivity contribution in [3.05, 3.63) is 17.7 Å². The van der Waals surface area contributed by atoms with Crippen molar-refractivity contribution in [2.75, 3.05) is 32.7 Å². The fourth-order valence-corrected chi connectivity index (χ4v) is 4.33. The van der Waals surface area contributed by atoms with Crippen molar-refractivity contribution in [2.24, 2.45) is 5.92 Å². The minimum Gasteiger partial charge on any atom is -0.348 e. The molecule has 2 fully saturated rings. The van der Waals surface area contributed by atoms with Crippen LogP contribution in [0.1, 0.15) is 55.8 Å². The van der Waals surface area contributed by atoms with Gasteiger partial charge < -0.3 is 14.8 Å². The van der Waals surface area contributed by atoms with Gasteiger partial charge in [-0.1, -0.05) is 6.42 Å². The molecule has 1 aromatic heterocycles. The van der Waals surface area contributed by atoms with Crippen LogP contribution in [0.5, 0.6) is 0 Å². The zero-order valence-electron chi connectivity index (χ0n) is 14.0. The number of hydrogen-bond donors (Lipinski definition) is 1. The van der Waals surface area contributed by atoms with Crippen LogP contribution in [0.3, 0.4) is 0 Å². The summed E-state index contributed by atoms with van der Waals surface area (Å²) in [4.78, 5) is 25.4. The van der Waals surface area contributed by atoms with E-state index in [2.05, 4.69) is 19.8 Å². The molecule has 0 spiro atoms. The van der Waals surface area contributed by atoms with Crippen LogP contribution in [0.2, 0.25) is 0 Å². The topological polar surface area (TPSA) is 52.2 Å². The lowest BCUT2D eigenvalue weighted by Crippen LogP contribution is -2.40. The molecule has 2 aliphatic carbocycles. The summed E-state index contributed by atoms with van der Waals surface area (Å²) < 4.78 is 0. The van der Waals surface area contributed by atoms with Crippen LogP contribution in [-0.2, 0) is 11.2 Å². The second-order valence-corrected chi connectivity index (χ2v) is 7.49. The van der Waals surface area contributed by atoms with Crippen molar-refractivity contribution in [3.63, 3.8) is 0 Å². The summed E-state index contributed by atoms with van der Waals surface area (Å²) in [5, 5.41) is 0. The van der Waals surface area contributed by atoms with Gasteiger partial charge in [0.1, 0.15) is 0 Å². The highest BCUT2D eigenvalue weighted by molar-refractivity contribution is 5.83. The Kier molecular flexibility index (Phi) is 4.38. The number of aryl methyl sites for hydroxylation is 1. The predicted molar refractivity (Wildman–Crippen MR) is 89.2 cm³/mol. The zero-order chi connectivity index (χ0) is 15.6. The molecule has 0 bridgehead atoms. The predicted octanol–water partition coefficient (Wildman–Crippen LogP) is 2.16. The van der Waals surface area contributed by atoms with Crippen molar-refractivity contribution >= 4 is 5.91 Å². The van der Waals surface area contributed by atoms with E-state index in [-0.39, 0.29) is 5.92 Å². The third-order valence-electron chi connectivity index (χ3n) is 5.94. The number of carbonyl (C=O) groups excluding carboxylic acids is 1. The van der Waals surface area contributed by atoms with Crippen LogP contribution < -0.4 is 0 Å². The largest absolute Gasteiger partial charge is 0.348 e. The SMILES string of the molecule is O=C([C@@H]1CCCc2[nH]cnc21)N1CCCN(CC2CCC2)CC1. The molecule has 1 aromatic rings. The van der Waals surface area contributed by atoms with Crippen LogP contribution >= 0.6 is 0 Å². The van der Waals surface area contributed by atoms with Gasteiger partial charge in [-0.15, -0.1) is 0 Å². The lowest BCUT2D eigenvalue weighted by atomic mass is 9.85. The average Bonchev–Trinajstić information content (AvgIpc) is 2.88. The van der Waals surface area contributed by atoms with Crippen molar-refractivity contribution < 1.29 is 4.79 Å². The molecule has 23 heavy (non-hydrogen) atoms. The van der Waals surface area contributed by atoms with Crippen LogP contribution in [-0.4, -0.2) is 58.4 Å². The van der Waals surface area contributed by atoms with Gasteiger partial charge in [0, 0.05) is 31.9 Å². The Morgan fingerprint density at radius 3 is 2.87 bits per heavy atom. The lowest BCUT2D eigenvalue weighted by Gasteiger charge is -2.32. The minimum absolute atomic E-state index is 0.0109. The number of H-pyrrole nitrogens is 1. The Labute approximate surface area is 138 Å². The highest BCUT2D eigenvalue weighted by Gasteiger charge is 2.33. The van der Waals surface area contributed by atoms with Crippen LogP contribution in [0, 0.1) is 5.92 Å². The van der Waals surface area contributed by atoms with Crippen molar-refractivity contribution in [3.8, 4) is 0 Å². The van der Waals surface area contributed by atoms with Crippen LogP contribution in [0.15, 0.2) is 6.33 Å². The first-order valence-corrected chi connectivity index (χ1v) is 9.34. The van der Waals surface area contributed by atoms with Gasteiger partial charge in [0.05, 0.1) is 17.9 Å². The summed E-state index contributed by atoms with van der Waals surface area (Å²) in [5.74, 6) is 1.22. The molecule has 0 radical (unpaired) electrons. The fourth-order valence-electron chi connectivity index (χ4n) is 4.33. The van der Waals surface area contributed by atoms with E-state index in [1.54, 1.807) is 6.33 Å². The maximum absolute atomic E-state index is 13.0. The van der Waals surface area contributed by atoms with E-state index in [0.29, 0.717) is 5.91 Å². The summed E-state index contributed by atoms with van der Waals surface area (Å²) >= 11 is 0. The molecule has 5 nitrogen and oxygen atoms in total. The summed E-state index contributed by atoms with van der Waals surface area (Å²) in [5.41, 5.74) is 2.19. The molecule has 0 aromatic carbocycles. The number of amides is 1. The Hall–Kier alpha value is -1.36. The summed E-state index contributed by atoms with van der Waals surface area (Å²) in [7, 11) is 0. The van der Waals surface area contributed by atoms with E-state index in [9.17, 15) is 4.79 Å². The number of nitrogens with zero attached hydrogens (tertiary/aromatic N) is 3. The standard InChI is InChI=1S/C18H28N4O/c23-18(15-6-2-7-16-17(15)20-13-19-16)22-9-3-8-21(10-11-22)12-14-4-1-5-14/h13-15H,1-12H2,(H,19,20)/t15-/m1/s1. The maximum Gasteiger partial charge on any atom is 0.231 e. The first-order valence-electron chi connectivity index (χ1n) is 9.34. The maximum atomic E-state index is 13.0. The van der Waals surface area contributed by atoms with Gasteiger partial charge in [-0.25, -0.2) is 4.98 Å². The molecular formula is C18H28N4O. The van der Waals surface area contributed by atoms with E-state index < -0.39 is 0 Å². The number of rotatable bonds is 3. The monoisotopic (exact) mass is 316 g/mol. The Morgan fingerprint density at radius 2 is 2.04 bits per heavy atom. The fraction of sp³-hybridized carbons (Fsp3) is 0.778. The second kappa shape index (κ2) is 6.63. The molecular weight excluding hydrogens is 288 g/mol. The second-order valence-electron chi connectivity index (χ2n) is 7.49. The summed E-state index contributed by atoms with van der Waals surface area (Å²) in [6, 6.07) is 0. The molecule has 5 heteroatoms. The number of hydrogen-bond acceptors (Lipinski definition) is 3. The normalized spacial score (nSPS) is 26.4. The van der Waals surface area contributed by atoms with Gasteiger partial charge in [-0.2, -0.15) is 0 Å². The van der Waals surface area contributed by atoms with Gasteiger partial charge in [0.15, 0.2) is 0 Å². The number of carbonyl (C=O) groups is 1. The quantitative estimate of drug-likeness (QED) is 0.930. The summed E-state index contributed by atoms with van der Waals surface area (Å²) in [6.07, 6.45) is 10.2. The van der Waals surface area contributed by atoms with Gasteiger partial charge in [0.2, 0.25) is 5.91 Å². The van der Waals surface area contributed by atoms with Crippen LogP contribution in [0.4, 0.5) is 0 Å². The van der Waals surface area contributed by atoms with Gasteiger partial charge >= 0.3 is 0 Å². The molecule has 0 unspecified atom stereocenters. The Balaban J connectivity index is 1.37. The Bertz CT molecular complexity index is 551. The van der Waals surface area contributed by atoms with E-state index >= 15 is 0 Å². The molecule has 1 N–H and O–H groups in total. The molecule has 1 saturated heterocycles. The van der Waals surface area contributed by atoms with E-state index in [1.807, 2.05) is 0 Å². The number of nitrogens with one attached hydrogen (secondary N) is 1. The van der Waals surface area contributed by atoms with E-state index in [1.165, 1.54) is 31.5 Å². The average molecular weight is 316 g/mol. The molecule has 3 aliphatic rings. The van der Waals surface area contributed by atoms with Crippen molar-refractivity contribution in [2.45, 2.75) is 50.9 Å². The van der Waals surface area contributed by atoms with Gasteiger partial charge in [0.25, 0.3) is 0 Å². The minimum atomic E-state index is -0.0109. The Morgan fingerprint density at radius 1 is 1.13 bits per heavy atom. The number of fused-ring (bicyclic) bond motifs is 1. The molecule has 2 heterocycles. The molecule has 1 amide bonds. The van der Waals surface area contributed by atoms with Crippen molar-refractivity contribution in [1.29, 1.82) is 0 Å². The highest BCUT2D eigenvalue weighted by Crippen LogP contribution is 2.31. The molecule has 1 aliphatic heterocycles. The van der Waals surface area contributed by atoms with Gasteiger partial charge in [-0.3, -0.25) is 4.79 Å². The van der Waals surface area contributed by atoms with E-state index in [4.69, 9.17) is 0 Å². The van der Waals surface area contributed by atoms with E-state index in [0.717, 1.165) is 63.5 Å². The smallest absolute Gasteiger partial charge is 0.231 e. The summed E-state index contributed by atoms with van der Waals surface area (Å²) in [6.45, 7) is 5.24. The third kappa shape index (κ3) is 3.16. The van der Waals surface area contributed by atoms with Gasteiger partial charge in [-0.05, 0) is 51.0 Å². The highest BCUT2D eigenvalue weighted by atomic mass is 16.2. The molecule has 4 rings (SSSR count). The first-order chi connectivity index (χ1) is 11.3. The lowest BCUT2D eigenvalue weighted by molar-refractivity contribution is -0.133. The molecule has 126 valence electrons. The molecule has 1 atom stereocenters. The third-order valence-corrected chi connectivity index (χ3v) is 5.94. The number of aromatic amines is 1. The first kappa shape index (κ1) is 15.2. The molecule has 1 saturated carbocycles.